The molecule has 37 heavy (non-hydrogen) atoms. The summed E-state index contributed by atoms with van der Waals surface area (Å²) in [5.41, 5.74) is 4.74. The Morgan fingerprint density at radius 2 is 1.30 bits per heavy atom. The van der Waals surface area contributed by atoms with Crippen LogP contribution < -0.4 is 5.32 Å². The van der Waals surface area contributed by atoms with E-state index in [2.05, 4.69) is 5.32 Å². The van der Waals surface area contributed by atoms with E-state index in [9.17, 15) is 19.2 Å². The average Bonchev–Trinajstić information content (AvgIpc) is 3.18. The highest BCUT2D eigenvalue weighted by Crippen LogP contribution is 2.61. The number of anilines is 1. The Kier molecular flexibility index (Phi) is 5.60. The highest BCUT2D eigenvalue weighted by Gasteiger charge is 2.62. The standard InChI is InChI=1S/C29H23ClN2O5/c1-15(29(36)37-14-22(33)31-17-12-10-16(30)11-13-17)32-27(34)25-23-18-6-2-3-7-19(18)24(26(25)28(32)35)21-9-5-4-8-20(21)23/h2-13,15,23-26H,14H2,1H3,(H,31,33)/t15-,23?,24?,25+,26+/m1/s1. The zero-order valence-electron chi connectivity index (χ0n) is 19.9. The van der Waals surface area contributed by atoms with E-state index in [-0.39, 0.29) is 23.7 Å². The summed E-state index contributed by atoms with van der Waals surface area (Å²) >= 11 is 5.85. The van der Waals surface area contributed by atoms with Crippen LogP contribution >= 0.6 is 11.6 Å². The zero-order valence-corrected chi connectivity index (χ0v) is 20.6. The number of ether oxygens (including phenoxy) is 1. The van der Waals surface area contributed by atoms with Crippen LogP contribution in [0.2, 0.25) is 5.02 Å². The number of nitrogens with one attached hydrogen (secondary N) is 1. The van der Waals surface area contributed by atoms with Crippen LogP contribution in [0.1, 0.15) is 41.0 Å². The molecule has 1 fully saturated rings. The molecule has 8 heteroatoms. The number of hydrogen-bond acceptors (Lipinski definition) is 5. The number of carbonyl (C=O) groups excluding carboxylic acids is 4. The Labute approximate surface area is 218 Å². The predicted molar refractivity (Wildman–Crippen MR) is 136 cm³/mol. The van der Waals surface area contributed by atoms with Gasteiger partial charge in [0.1, 0.15) is 6.04 Å². The van der Waals surface area contributed by atoms with Gasteiger partial charge in [0.15, 0.2) is 6.61 Å². The molecule has 3 amide bonds. The summed E-state index contributed by atoms with van der Waals surface area (Å²) in [7, 11) is 0. The lowest BCUT2D eigenvalue weighted by Gasteiger charge is -2.45. The lowest BCUT2D eigenvalue weighted by Crippen LogP contribution is -2.45. The van der Waals surface area contributed by atoms with Gasteiger partial charge >= 0.3 is 5.97 Å². The molecule has 7 nitrogen and oxygen atoms in total. The Balaban J connectivity index is 1.21. The second-order valence-electron chi connectivity index (χ2n) is 9.65. The molecule has 0 aromatic heterocycles. The number of halogens is 1. The zero-order chi connectivity index (χ0) is 25.8. The maximum atomic E-state index is 13.7. The summed E-state index contributed by atoms with van der Waals surface area (Å²) in [6, 6.07) is 21.2. The summed E-state index contributed by atoms with van der Waals surface area (Å²) in [4.78, 5) is 53.6. The largest absolute Gasteiger partial charge is 0.454 e. The quantitative estimate of drug-likeness (QED) is 0.409. The third-order valence-electron chi connectivity index (χ3n) is 7.68. The number of nitrogens with zero attached hydrogens (tertiary/aromatic N) is 1. The maximum absolute atomic E-state index is 13.7. The molecule has 2 bridgehead atoms. The molecule has 0 saturated carbocycles. The van der Waals surface area contributed by atoms with Crippen molar-refractivity contribution in [2.45, 2.75) is 24.8 Å². The van der Waals surface area contributed by atoms with Gasteiger partial charge in [-0.1, -0.05) is 60.1 Å². The van der Waals surface area contributed by atoms with E-state index in [4.69, 9.17) is 16.3 Å². The van der Waals surface area contributed by atoms with E-state index >= 15 is 0 Å². The van der Waals surface area contributed by atoms with Crippen molar-refractivity contribution in [1.29, 1.82) is 0 Å². The van der Waals surface area contributed by atoms with Crippen molar-refractivity contribution >= 4 is 41.0 Å². The van der Waals surface area contributed by atoms with Crippen molar-refractivity contribution in [3.05, 3.63) is 100 Å². The molecule has 0 spiro atoms. The first-order chi connectivity index (χ1) is 17.9. The van der Waals surface area contributed by atoms with Crippen LogP contribution in [0.4, 0.5) is 5.69 Å². The molecule has 4 aliphatic rings. The topological polar surface area (TPSA) is 92.8 Å². The number of carbonyl (C=O) groups is 4. The SMILES string of the molecule is C[C@H](C(=O)OCC(=O)Nc1ccc(Cl)cc1)N1C(=O)[C@H]2C3c4ccccc4C(c4ccccc43)[C@@H]2C1=O. The molecule has 1 N–H and O–H groups in total. The van der Waals surface area contributed by atoms with Crippen molar-refractivity contribution in [1.82, 2.24) is 4.90 Å². The lowest BCUT2D eigenvalue weighted by atomic mass is 9.55. The molecule has 3 aromatic rings. The smallest absolute Gasteiger partial charge is 0.329 e. The number of likely N-dealkylation sites (tertiary alicyclic amines) is 1. The van der Waals surface area contributed by atoms with Crippen LogP contribution in [0, 0.1) is 11.8 Å². The number of imide groups is 1. The van der Waals surface area contributed by atoms with Gasteiger partial charge in [-0.3, -0.25) is 19.3 Å². The van der Waals surface area contributed by atoms with E-state index in [0.717, 1.165) is 27.2 Å². The summed E-state index contributed by atoms with van der Waals surface area (Å²) in [6.07, 6.45) is 0. The Morgan fingerprint density at radius 3 is 1.76 bits per heavy atom. The lowest BCUT2D eigenvalue weighted by molar-refractivity contribution is -0.159. The molecule has 7 rings (SSSR count). The fourth-order valence-electron chi connectivity index (χ4n) is 6.18. The highest BCUT2D eigenvalue weighted by atomic mass is 35.5. The van der Waals surface area contributed by atoms with E-state index in [1.807, 2.05) is 48.5 Å². The van der Waals surface area contributed by atoms with Crippen molar-refractivity contribution in [2.75, 3.05) is 11.9 Å². The Hall–Kier alpha value is -3.97. The van der Waals surface area contributed by atoms with E-state index in [1.165, 1.54) is 6.92 Å². The molecule has 0 radical (unpaired) electrons. The summed E-state index contributed by atoms with van der Waals surface area (Å²) < 4.78 is 5.19. The van der Waals surface area contributed by atoms with Gasteiger partial charge in [0, 0.05) is 22.5 Å². The van der Waals surface area contributed by atoms with Crippen LogP contribution in [-0.4, -0.2) is 41.2 Å². The molecule has 1 saturated heterocycles. The van der Waals surface area contributed by atoms with E-state index in [1.54, 1.807) is 24.3 Å². The van der Waals surface area contributed by atoms with Gasteiger partial charge in [0.2, 0.25) is 11.8 Å². The molecule has 3 aliphatic carbocycles. The number of amides is 3. The van der Waals surface area contributed by atoms with Gasteiger partial charge in [-0.15, -0.1) is 0 Å². The first-order valence-corrected chi connectivity index (χ1v) is 12.5. The van der Waals surface area contributed by atoms with Crippen LogP contribution in [0.25, 0.3) is 0 Å². The summed E-state index contributed by atoms with van der Waals surface area (Å²) in [5.74, 6) is -3.76. The summed E-state index contributed by atoms with van der Waals surface area (Å²) in [6.45, 7) is 0.922. The third-order valence-corrected chi connectivity index (χ3v) is 7.94. The van der Waals surface area contributed by atoms with Crippen molar-refractivity contribution in [3.63, 3.8) is 0 Å². The van der Waals surface area contributed by atoms with Crippen LogP contribution in [0.3, 0.4) is 0 Å². The maximum Gasteiger partial charge on any atom is 0.329 e. The average molecular weight is 515 g/mol. The third kappa shape index (κ3) is 3.64. The molecular formula is C29H23ClN2O5. The number of hydrogen-bond donors (Lipinski definition) is 1. The number of rotatable bonds is 5. The number of esters is 1. The fourth-order valence-corrected chi connectivity index (χ4v) is 6.30. The van der Waals surface area contributed by atoms with Gasteiger partial charge in [-0.2, -0.15) is 0 Å². The Morgan fingerprint density at radius 1 is 0.838 bits per heavy atom. The number of benzene rings is 3. The minimum absolute atomic E-state index is 0.253. The Bertz CT molecular complexity index is 1340. The van der Waals surface area contributed by atoms with Crippen LogP contribution in [0.15, 0.2) is 72.8 Å². The molecular weight excluding hydrogens is 492 g/mol. The molecule has 186 valence electrons. The molecule has 3 aromatic carbocycles. The monoisotopic (exact) mass is 514 g/mol. The van der Waals surface area contributed by atoms with Gasteiger partial charge in [0.05, 0.1) is 11.8 Å². The highest BCUT2D eigenvalue weighted by molar-refractivity contribution is 6.30. The van der Waals surface area contributed by atoms with E-state index < -0.39 is 36.4 Å². The normalized spacial score (nSPS) is 23.7. The van der Waals surface area contributed by atoms with Gasteiger partial charge in [-0.25, -0.2) is 4.79 Å². The summed E-state index contributed by atoms with van der Waals surface area (Å²) in [5, 5.41) is 3.14. The molecule has 1 aliphatic heterocycles. The fraction of sp³-hybridized carbons (Fsp3) is 0.241. The van der Waals surface area contributed by atoms with Crippen molar-refractivity contribution < 1.29 is 23.9 Å². The first-order valence-electron chi connectivity index (χ1n) is 12.1. The molecule has 1 heterocycles. The van der Waals surface area contributed by atoms with Crippen LogP contribution in [0.5, 0.6) is 0 Å². The van der Waals surface area contributed by atoms with Crippen LogP contribution in [-0.2, 0) is 23.9 Å². The second-order valence-corrected chi connectivity index (χ2v) is 10.1. The first kappa shape index (κ1) is 23.4. The molecule has 0 unspecified atom stereocenters. The van der Waals surface area contributed by atoms with Crippen molar-refractivity contribution in [2.24, 2.45) is 11.8 Å². The van der Waals surface area contributed by atoms with Gasteiger partial charge in [-0.05, 0) is 53.4 Å². The minimum Gasteiger partial charge on any atom is -0.454 e. The van der Waals surface area contributed by atoms with Crippen molar-refractivity contribution in [3.8, 4) is 0 Å². The minimum atomic E-state index is -1.15. The second kappa shape index (κ2) is 8.85. The molecule has 3 atom stereocenters. The van der Waals surface area contributed by atoms with Gasteiger partial charge in [0.25, 0.3) is 5.91 Å². The van der Waals surface area contributed by atoms with Gasteiger partial charge < -0.3 is 10.1 Å². The van der Waals surface area contributed by atoms with E-state index in [0.29, 0.717) is 10.7 Å². The predicted octanol–water partition coefficient (Wildman–Crippen LogP) is 4.10.